The van der Waals surface area contributed by atoms with E-state index in [0.29, 0.717) is 10.6 Å². The summed E-state index contributed by atoms with van der Waals surface area (Å²) in [6, 6.07) is 17.1. The van der Waals surface area contributed by atoms with Crippen LogP contribution < -0.4 is 5.43 Å². The van der Waals surface area contributed by atoms with Crippen molar-refractivity contribution in [1.29, 1.82) is 0 Å². The van der Waals surface area contributed by atoms with Gasteiger partial charge in [0.15, 0.2) is 0 Å². The highest BCUT2D eigenvalue weighted by atomic mass is 35.5. The Balaban J connectivity index is 1.79. The van der Waals surface area contributed by atoms with E-state index in [1.165, 1.54) is 5.56 Å². The summed E-state index contributed by atoms with van der Waals surface area (Å²) in [5, 5.41) is 4.61. The molecule has 3 rings (SSSR count). The van der Waals surface area contributed by atoms with Crippen molar-refractivity contribution in [2.24, 2.45) is 5.10 Å². The maximum Gasteiger partial charge on any atom is 0.271 e. The highest BCUT2D eigenvalue weighted by Gasteiger charge is 2.10. The maximum absolute atomic E-state index is 12.1. The average molecular weight is 366 g/mol. The van der Waals surface area contributed by atoms with Gasteiger partial charge in [-0.2, -0.15) is 5.10 Å². The molecule has 0 fully saturated rings. The molecule has 3 aromatic rings. The molecule has 26 heavy (non-hydrogen) atoms. The molecule has 0 saturated carbocycles. The summed E-state index contributed by atoms with van der Waals surface area (Å²) in [5.41, 5.74) is 8.46. The van der Waals surface area contributed by atoms with Gasteiger partial charge in [0, 0.05) is 33.2 Å². The minimum absolute atomic E-state index is 0.295. The first-order valence-electron chi connectivity index (χ1n) is 8.30. The van der Waals surface area contributed by atoms with Gasteiger partial charge in [0.25, 0.3) is 5.91 Å². The summed E-state index contributed by atoms with van der Waals surface area (Å²) in [7, 11) is 0. The smallest absolute Gasteiger partial charge is 0.271 e. The predicted molar refractivity (Wildman–Crippen MR) is 106 cm³/mol. The first-order valence-corrected chi connectivity index (χ1v) is 8.68. The molecule has 0 spiro atoms. The monoisotopic (exact) mass is 365 g/mol. The summed E-state index contributed by atoms with van der Waals surface area (Å²) in [6.07, 6.45) is 1.66. The molecule has 1 aromatic heterocycles. The van der Waals surface area contributed by atoms with Gasteiger partial charge in [0.1, 0.15) is 0 Å². The zero-order valence-electron chi connectivity index (χ0n) is 15.0. The fraction of sp³-hybridized carbons (Fsp3) is 0.143. The van der Waals surface area contributed by atoms with E-state index in [4.69, 9.17) is 11.6 Å². The van der Waals surface area contributed by atoms with Crippen LogP contribution in [0.5, 0.6) is 0 Å². The molecule has 0 bridgehead atoms. The zero-order valence-corrected chi connectivity index (χ0v) is 15.7. The van der Waals surface area contributed by atoms with Crippen LogP contribution in [0, 0.1) is 20.8 Å². The summed E-state index contributed by atoms with van der Waals surface area (Å²) in [4.78, 5) is 12.1. The molecule has 0 aliphatic heterocycles. The number of nitrogens with one attached hydrogen (secondary N) is 1. The van der Waals surface area contributed by atoms with Gasteiger partial charge in [0.05, 0.1) is 6.21 Å². The minimum atomic E-state index is -0.295. The third-order valence-corrected chi connectivity index (χ3v) is 4.42. The number of hydrogen-bond acceptors (Lipinski definition) is 2. The molecule has 1 N–H and O–H groups in total. The lowest BCUT2D eigenvalue weighted by Gasteiger charge is -2.10. The van der Waals surface area contributed by atoms with Crippen molar-refractivity contribution in [2.45, 2.75) is 20.8 Å². The molecule has 132 valence electrons. The zero-order chi connectivity index (χ0) is 18.7. The average Bonchev–Trinajstić information content (AvgIpc) is 2.88. The standard InChI is InChI=1S/C21H20ClN3O/c1-14-6-4-9-20(10-14)25-15(2)11-18(16(25)3)13-23-24-21(26)17-7-5-8-19(22)12-17/h4-13H,1-3H3,(H,24,26)/b23-13-. The molecule has 1 heterocycles. The van der Waals surface area contributed by atoms with Crippen LogP contribution >= 0.6 is 11.6 Å². The summed E-state index contributed by atoms with van der Waals surface area (Å²) in [6.45, 7) is 6.16. The van der Waals surface area contributed by atoms with Gasteiger partial charge < -0.3 is 4.57 Å². The Morgan fingerprint density at radius 3 is 2.58 bits per heavy atom. The Bertz CT molecular complexity index is 989. The number of aryl methyl sites for hydroxylation is 2. The predicted octanol–water partition coefficient (Wildman–Crippen LogP) is 4.82. The molecule has 4 nitrogen and oxygen atoms in total. The highest BCUT2D eigenvalue weighted by molar-refractivity contribution is 6.30. The van der Waals surface area contributed by atoms with Crippen LogP contribution in [0.3, 0.4) is 0 Å². The van der Waals surface area contributed by atoms with Gasteiger partial charge in [-0.3, -0.25) is 4.79 Å². The van der Waals surface area contributed by atoms with E-state index in [1.807, 2.05) is 19.1 Å². The Morgan fingerprint density at radius 1 is 1.08 bits per heavy atom. The van der Waals surface area contributed by atoms with E-state index in [9.17, 15) is 4.79 Å². The van der Waals surface area contributed by atoms with E-state index >= 15 is 0 Å². The van der Waals surface area contributed by atoms with E-state index in [-0.39, 0.29) is 5.91 Å². The third-order valence-electron chi connectivity index (χ3n) is 4.19. The molecule has 0 saturated heterocycles. The molecule has 0 aliphatic rings. The second-order valence-corrected chi connectivity index (χ2v) is 6.65. The fourth-order valence-electron chi connectivity index (χ4n) is 2.94. The summed E-state index contributed by atoms with van der Waals surface area (Å²) >= 11 is 5.91. The largest absolute Gasteiger partial charge is 0.318 e. The highest BCUT2D eigenvalue weighted by Crippen LogP contribution is 2.20. The first kappa shape index (κ1) is 18.0. The molecule has 0 aliphatic carbocycles. The summed E-state index contributed by atoms with van der Waals surface area (Å²) < 4.78 is 2.17. The number of rotatable bonds is 4. The number of halogens is 1. The normalized spacial score (nSPS) is 11.1. The van der Waals surface area contributed by atoms with Crippen molar-refractivity contribution in [1.82, 2.24) is 9.99 Å². The second kappa shape index (κ2) is 7.58. The lowest BCUT2D eigenvalue weighted by atomic mass is 10.2. The van der Waals surface area contributed by atoms with E-state index < -0.39 is 0 Å². The quantitative estimate of drug-likeness (QED) is 0.523. The topological polar surface area (TPSA) is 46.4 Å². The molecular weight excluding hydrogens is 346 g/mol. The lowest BCUT2D eigenvalue weighted by molar-refractivity contribution is 0.0955. The Labute approximate surface area is 158 Å². The van der Waals surface area contributed by atoms with Crippen LogP contribution in [0.15, 0.2) is 59.7 Å². The van der Waals surface area contributed by atoms with Crippen molar-refractivity contribution < 1.29 is 4.79 Å². The number of carbonyl (C=O) groups is 1. The first-order chi connectivity index (χ1) is 12.5. The molecule has 2 aromatic carbocycles. The summed E-state index contributed by atoms with van der Waals surface area (Å²) in [5.74, 6) is -0.295. The van der Waals surface area contributed by atoms with Gasteiger partial charge >= 0.3 is 0 Å². The van der Waals surface area contributed by atoms with E-state index in [0.717, 1.165) is 22.6 Å². The number of benzene rings is 2. The van der Waals surface area contributed by atoms with Crippen molar-refractivity contribution in [3.05, 3.63) is 87.7 Å². The number of amides is 1. The molecule has 0 unspecified atom stereocenters. The Hall–Kier alpha value is -2.85. The van der Waals surface area contributed by atoms with Gasteiger partial charge in [-0.1, -0.05) is 29.8 Å². The molecular formula is C21H20ClN3O. The van der Waals surface area contributed by atoms with Crippen molar-refractivity contribution in [3.8, 4) is 5.69 Å². The number of nitrogens with zero attached hydrogens (tertiary/aromatic N) is 2. The van der Waals surface area contributed by atoms with Gasteiger partial charge in [0.2, 0.25) is 0 Å². The second-order valence-electron chi connectivity index (χ2n) is 6.21. The van der Waals surface area contributed by atoms with E-state index in [1.54, 1.807) is 30.5 Å². The van der Waals surface area contributed by atoms with E-state index in [2.05, 4.69) is 47.1 Å². The van der Waals surface area contributed by atoms with Crippen LogP contribution in [0.2, 0.25) is 5.02 Å². The SMILES string of the molecule is Cc1cccc(-n2c(C)cc(/C=N\NC(=O)c3cccc(Cl)c3)c2C)c1. The van der Waals surface area contributed by atoms with Crippen molar-refractivity contribution in [2.75, 3.05) is 0 Å². The van der Waals surface area contributed by atoms with Crippen molar-refractivity contribution in [3.63, 3.8) is 0 Å². The van der Waals surface area contributed by atoms with Crippen LogP contribution in [0.1, 0.15) is 32.9 Å². The fourth-order valence-corrected chi connectivity index (χ4v) is 3.13. The van der Waals surface area contributed by atoms with Crippen LogP contribution in [0.4, 0.5) is 0 Å². The van der Waals surface area contributed by atoms with Gasteiger partial charge in [-0.15, -0.1) is 0 Å². The van der Waals surface area contributed by atoms with Crippen LogP contribution in [0.25, 0.3) is 5.69 Å². The number of hydrazone groups is 1. The van der Waals surface area contributed by atoms with Crippen LogP contribution in [-0.2, 0) is 0 Å². The van der Waals surface area contributed by atoms with Crippen LogP contribution in [-0.4, -0.2) is 16.7 Å². The van der Waals surface area contributed by atoms with Gasteiger partial charge in [-0.25, -0.2) is 5.43 Å². The molecule has 5 heteroatoms. The number of hydrogen-bond donors (Lipinski definition) is 1. The van der Waals surface area contributed by atoms with Crippen molar-refractivity contribution >= 4 is 23.7 Å². The minimum Gasteiger partial charge on any atom is -0.318 e. The third kappa shape index (κ3) is 3.86. The lowest BCUT2D eigenvalue weighted by Crippen LogP contribution is -2.17. The molecule has 0 atom stereocenters. The number of aromatic nitrogens is 1. The Morgan fingerprint density at radius 2 is 1.85 bits per heavy atom. The van der Waals surface area contributed by atoms with Gasteiger partial charge in [-0.05, 0) is 62.7 Å². The molecule has 0 radical (unpaired) electrons. The number of carbonyl (C=O) groups excluding carboxylic acids is 1. The Kier molecular flexibility index (Phi) is 5.24. The molecule has 1 amide bonds. The maximum atomic E-state index is 12.1.